The van der Waals surface area contributed by atoms with Crippen LogP contribution in [0.25, 0.3) is 0 Å². The maximum Gasteiger partial charge on any atom is 0.307 e. The van der Waals surface area contributed by atoms with Crippen molar-refractivity contribution >= 4 is 5.97 Å². The van der Waals surface area contributed by atoms with Gasteiger partial charge in [-0.25, -0.2) is 0 Å². The summed E-state index contributed by atoms with van der Waals surface area (Å²) in [5.74, 6) is -0.917. The summed E-state index contributed by atoms with van der Waals surface area (Å²) in [5, 5.41) is 8.70. The third-order valence-electron chi connectivity index (χ3n) is 2.40. The summed E-state index contributed by atoms with van der Waals surface area (Å²) in [7, 11) is 0. The minimum Gasteiger partial charge on any atom is -0.481 e. The van der Waals surface area contributed by atoms with Gasteiger partial charge >= 0.3 is 5.97 Å². The van der Waals surface area contributed by atoms with Crippen LogP contribution in [0.5, 0.6) is 0 Å². The number of carboxylic acids is 1. The van der Waals surface area contributed by atoms with Gasteiger partial charge in [0.15, 0.2) is 0 Å². The van der Waals surface area contributed by atoms with E-state index in [9.17, 15) is 4.79 Å². The lowest BCUT2D eigenvalue weighted by atomic mass is 10.1. The number of hydrogen-bond donors (Lipinski definition) is 1. The highest BCUT2D eigenvalue weighted by atomic mass is 16.4. The molecular weight excluding hydrogens is 154 g/mol. The van der Waals surface area contributed by atoms with E-state index in [-0.39, 0.29) is 5.92 Å². The van der Waals surface area contributed by atoms with Gasteiger partial charge in [-0.05, 0) is 19.4 Å². The fraction of sp³-hybridized carbons (Fsp3) is 0.889. The number of rotatable bonds is 5. The Morgan fingerprint density at radius 2 is 2.25 bits per heavy atom. The standard InChI is InChI=1S/C9H17NO2/c1-3-10(8-4-5-8)6-7(2)9(11)12/h7-8H,3-6H2,1-2H3,(H,11,12). The Morgan fingerprint density at radius 1 is 1.67 bits per heavy atom. The summed E-state index contributed by atoms with van der Waals surface area (Å²) in [5.41, 5.74) is 0. The van der Waals surface area contributed by atoms with E-state index >= 15 is 0 Å². The molecule has 1 saturated carbocycles. The quantitative estimate of drug-likeness (QED) is 0.675. The van der Waals surface area contributed by atoms with E-state index in [0.29, 0.717) is 12.6 Å². The molecule has 0 aliphatic heterocycles. The van der Waals surface area contributed by atoms with Gasteiger partial charge in [0.05, 0.1) is 5.92 Å². The zero-order valence-corrected chi connectivity index (χ0v) is 7.79. The zero-order valence-electron chi connectivity index (χ0n) is 7.79. The smallest absolute Gasteiger partial charge is 0.307 e. The third-order valence-corrected chi connectivity index (χ3v) is 2.40. The lowest BCUT2D eigenvalue weighted by molar-refractivity contribution is -0.141. The number of nitrogens with zero attached hydrogens (tertiary/aromatic N) is 1. The molecule has 0 bridgehead atoms. The van der Waals surface area contributed by atoms with Crippen LogP contribution >= 0.6 is 0 Å². The first-order valence-corrected chi connectivity index (χ1v) is 4.62. The van der Waals surface area contributed by atoms with Crippen molar-refractivity contribution in [3.05, 3.63) is 0 Å². The van der Waals surface area contributed by atoms with Crippen LogP contribution < -0.4 is 0 Å². The van der Waals surface area contributed by atoms with E-state index < -0.39 is 5.97 Å². The fourth-order valence-corrected chi connectivity index (χ4v) is 1.41. The second-order valence-corrected chi connectivity index (χ2v) is 3.56. The van der Waals surface area contributed by atoms with Crippen LogP contribution in [-0.4, -0.2) is 35.1 Å². The maximum atomic E-state index is 10.6. The van der Waals surface area contributed by atoms with Gasteiger partial charge in [0.1, 0.15) is 0 Å². The maximum absolute atomic E-state index is 10.6. The first kappa shape index (κ1) is 9.52. The van der Waals surface area contributed by atoms with Crippen molar-refractivity contribution in [3.63, 3.8) is 0 Å². The molecule has 3 heteroatoms. The van der Waals surface area contributed by atoms with E-state index in [4.69, 9.17) is 5.11 Å². The number of carbonyl (C=O) groups is 1. The van der Waals surface area contributed by atoms with Crippen LogP contribution in [0.15, 0.2) is 0 Å². The normalized spacial score (nSPS) is 19.6. The van der Waals surface area contributed by atoms with Crippen LogP contribution in [-0.2, 0) is 4.79 Å². The van der Waals surface area contributed by atoms with E-state index in [2.05, 4.69) is 11.8 Å². The van der Waals surface area contributed by atoms with Crippen LogP contribution in [0.2, 0.25) is 0 Å². The largest absolute Gasteiger partial charge is 0.481 e. The molecule has 1 fully saturated rings. The summed E-state index contributed by atoms with van der Waals surface area (Å²) in [6, 6.07) is 0.678. The van der Waals surface area contributed by atoms with Crippen LogP contribution in [0.1, 0.15) is 26.7 Å². The van der Waals surface area contributed by atoms with Gasteiger partial charge in [-0.1, -0.05) is 13.8 Å². The Hall–Kier alpha value is -0.570. The number of carboxylic acid groups (broad SMARTS) is 1. The molecule has 1 rings (SSSR count). The molecule has 0 aromatic rings. The van der Waals surface area contributed by atoms with E-state index in [1.807, 2.05) is 0 Å². The molecule has 1 atom stereocenters. The van der Waals surface area contributed by atoms with Crippen LogP contribution in [0.4, 0.5) is 0 Å². The Balaban J connectivity index is 2.30. The van der Waals surface area contributed by atoms with Gasteiger partial charge in [0, 0.05) is 12.6 Å². The second kappa shape index (κ2) is 3.90. The lowest BCUT2D eigenvalue weighted by Crippen LogP contribution is -2.33. The molecule has 0 saturated heterocycles. The Morgan fingerprint density at radius 3 is 2.58 bits per heavy atom. The summed E-state index contributed by atoms with van der Waals surface area (Å²) in [6.45, 7) is 5.54. The van der Waals surface area contributed by atoms with Crippen LogP contribution in [0, 0.1) is 5.92 Å². The average molecular weight is 171 g/mol. The molecule has 1 unspecified atom stereocenters. The molecule has 1 aliphatic rings. The molecule has 1 aliphatic carbocycles. The topological polar surface area (TPSA) is 40.5 Å². The Labute approximate surface area is 73.4 Å². The molecule has 12 heavy (non-hydrogen) atoms. The van der Waals surface area contributed by atoms with Crippen molar-refractivity contribution in [3.8, 4) is 0 Å². The van der Waals surface area contributed by atoms with Crippen molar-refractivity contribution in [2.45, 2.75) is 32.7 Å². The fourth-order valence-electron chi connectivity index (χ4n) is 1.41. The Bertz CT molecular complexity index is 166. The van der Waals surface area contributed by atoms with Crippen LogP contribution in [0.3, 0.4) is 0 Å². The monoisotopic (exact) mass is 171 g/mol. The van der Waals surface area contributed by atoms with Gasteiger partial charge in [0.25, 0.3) is 0 Å². The van der Waals surface area contributed by atoms with Crippen molar-refractivity contribution in [1.82, 2.24) is 4.90 Å². The molecule has 0 heterocycles. The first-order valence-electron chi connectivity index (χ1n) is 4.62. The van der Waals surface area contributed by atoms with Gasteiger partial charge in [0.2, 0.25) is 0 Å². The van der Waals surface area contributed by atoms with Gasteiger partial charge in [-0.3, -0.25) is 9.69 Å². The predicted molar refractivity (Wildman–Crippen MR) is 47.1 cm³/mol. The molecule has 70 valence electrons. The highest BCUT2D eigenvalue weighted by Crippen LogP contribution is 2.26. The molecule has 0 spiro atoms. The Kier molecular flexibility index (Phi) is 3.09. The summed E-state index contributed by atoms with van der Waals surface area (Å²) < 4.78 is 0. The van der Waals surface area contributed by atoms with Crippen molar-refractivity contribution in [2.24, 2.45) is 5.92 Å². The first-order chi connectivity index (χ1) is 5.65. The zero-order chi connectivity index (χ0) is 9.14. The van der Waals surface area contributed by atoms with Gasteiger partial charge < -0.3 is 5.11 Å². The highest BCUT2D eigenvalue weighted by Gasteiger charge is 2.29. The van der Waals surface area contributed by atoms with Gasteiger partial charge in [-0.15, -0.1) is 0 Å². The minimum atomic E-state index is -0.686. The summed E-state index contributed by atoms with van der Waals surface area (Å²) in [4.78, 5) is 12.8. The number of aliphatic carboxylic acids is 1. The third kappa shape index (κ3) is 2.48. The van der Waals surface area contributed by atoms with E-state index in [1.165, 1.54) is 12.8 Å². The predicted octanol–water partition coefficient (Wildman–Crippen LogP) is 1.19. The van der Waals surface area contributed by atoms with Crippen molar-refractivity contribution in [2.75, 3.05) is 13.1 Å². The molecule has 0 amide bonds. The van der Waals surface area contributed by atoms with Crippen molar-refractivity contribution in [1.29, 1.82) is 0 Å². The molecular formula is C9H17NO2. The molecule has 3 nitrogen and oxygen atoms in total. The van der Waals surface area contributed by atoms with E-state index in [0.717, 1.165) is 6.54 Å². The number of hydrogen-bond acceptors (Lipinski definition) is 2. The van der Waals surface area contributed by atoms with Crippen molar-refractivity contribution < 1.29 is 9.90 Å². The molecule has 1 N–H and O–H groups in total. The summed E-state index contributed by atoms with van der Waals surface area (Å²) in [6.07, 6.45) is 2.50. The minimum absolute atomic E-state index is 0.231. The SMILES string of the molecule is CCN(CC(C)C(=O)O)C1CC1. The average Bonchev–Trinajstić information content (AvgIpc) is 2.82. The lowest BCUT2D eigenvalue weighted by Gasteiger charge is -2.21. The highest BCUT2D eigenvalue weighted by molar-refractivity contribution is 5.69. The second-order valence-electron chi connectivity index (χ2n) is 3.56. The summed E-state index contributed by atoms with van der Waals surface area (Å²) >= 11 is 0. The molecule has 0 aromatic carbocycles. The van der Waals surface area contributed by atoms with Gasteiger partial charge in [-0.2, -0.15) is 0 Å². The molecule has 0 aromatic heterocycles. The van der Waals surface area contributed by atoms with E-state index in [1.54, 1.807) is 6.92 Å². The molecule has 0 radical (unpaired) electrons.